The van der Waals surface area contributed by atoms with Crippen molar-refractivity contribution in [3.05, 3.63) is 75.1 Å². The number of nitrogens with zero attached hydrogens (tertiary/aromatic N) is 1. The maximum Gasteiger partial charge on any atom is 0.258 e. The molecule has 2 amide bonds. The summed E-state index contributed by atoms with van der Waals surface area (Å²) in [7, 11) is 1.63. The molecule has 0 saturated carbocycles. The number of carbonyl (C=O) groups is 2. The summed E-state index contributed by atoms with van der Waals surface area (Å²) in [6.07, 6.45) is 2.90. The number of aromatic nitrogens is 2. The Hall–Kier alpha value is -3.46. The van der Waals surface area contributed by atoms with Gasteiger partial charge in [-0.2, -0.15) is 0 Å². The number of pyridine rings is 1. The number of thiazole rings is 1. The van der Waals surface area contributed by atoms with Gasteiger partial charge in [0.25, 0.3) is 5.91 Å². The van der Waals surface area contributed by atoms with Crippen LogP contribution in [0.15, 0.2) is 52.8 Å². The lowest BCUT2D eigenvalue weighted by Crippen LogP contribution is -2.25. The van der Waals surface area contributed by atoms with Crippen LogP contribution in [0, 0.1) is 0 Å². The van der Waals surface area contributed by atoms with Gasteiger partial charge in [0.1, 0.15) is 5.75 Å². The SMILES string of the molecule is COc1ccc(CCNC(=O)CCc2csc(NC(=O)c3ccc(=O)[nH]c3)n2)cc1. The molecule has 0 aliphatic heterocycles. The molecule has 0 aliphatic rings. The lowest BCUT2D eigenvalue weighted by molar-refractivity contribution is -0.121. The number of aryl methyl sites for hydroxylation is 1. The van der Waals surface area contributed by atoms with Crippen molar-refractivity contribution in [3.8, 4) is 5.75 Å². The van der Waals surface area contributed by atoms with E-state index in [0.717, 1.165) is 23.4 Å². The Morgan fingerprint density at radius 3 is 2.63 bits per heavy atom. The van der Waals surface area contributed by atoms with Crippen molar-refractivity contribution in [1.29, 1.82) is 0 Å². The summed E-state index contributed by atoms with van der Waals surface area (Å²) in [5, 5.41) is 7.84. The van der Waals surface area contributed by atoms with Gasteiger partial charge < -0.3 is 15.0 Å². The second kappa shape index (κ2) is 10.4. The number of ether oxygens (including phenoxy) is 1. The van der Waals surface area contributed by atoms with Crippen molar-refractivity contribution < 1.29 is 14.3 Å². The molecule has 3 rings (SSSR count). The topological polar surface area (TPSA) is 113 Å². The van der Waals surface area contributed by atoms with Crippen LogP contribution < -0.4 is 20.9 Å². The van der Waals surface area contributed by atoms with Crippen molar-refractivity contribution >= 4 is 28.3 Å². The number of anilines is 1. The van der Waals surface area contributed by atoms with Crippen LogP contribution in [0.5, 0.6) is 5.75 Å². The Bertz CT molecular complexity index is 1040. The normalized spacial score (nSPS) is 10.4. The zero-order valence-electron chi connectivity index (χ0n) is 16.4. The molecule has 9 heteroatoms. The Labute approximate surface area is 177 Å². The van der Waals surface area contributed by atoms with Crippen LogP contribution >= 0.6 is 11.3 Å². The Morgan fingerprint density at radius 1 is 1.13 bits per heavy atom. The summed E-state index contributed by atoms with van der Waals surface area (Å²) in [5.74, 6) is 0.402. The number of nitrogens with one attached hydrogen (secondary N) is 3. The van der Waals surface area contributed by atoms with Crippen molar-refractivity contribution in [3.63, 3.8) is 0 Å². The second-order valence-electron chi connectivity index (χ2n) is 6.49. The zero-order chi connectivity index (χ0) is 21.3. The first kappa shape index (κ1) is 21.3. The van der Waals surface area contributed by atoms with E-state index in [4.69, 9.17) is 4.74 Å². The third kappa shape index (κ3) is 6.28. The number of aromatic amines is 1. The molecule has 0 saturated heterocycles. The van der Waals surface area contributed by atoms with Crippen LogP contribution in [-0.4, -0.2) is 35.4 Å². The highest BCUT2D eigenvalue weighted by Gasteiger charge is 2.10. The van der Waals surface area contributed by atoms with Gasteiger partial charge in [0.15, 0.2) is 5.13 Å². The fraction of sp³-hybridized carbons (Fsp3) is 0.238. The van der Waals surface area contributed by atoms with Crippen molar-refractivity contribution in [2.24, 2.45) is 0 Å². The van der Waals surface area contributed by atoms with E-state index < -0.39 is 0 Å². The van der Waals surface area contributed by atoms with E-state index >= 15 is 0 Å². The zero-order valence-corrected chi connectivity index (χ0v) is 17.3. The van der Waals surface area contributed by atoms with Gasteiger partial charge in [0, 0.05) is 30.6 Å². The van der Waals surface area contributed by atoms with E-state index in [2.05, 4.69) is 20.6 Å². The van der Waals surface area contributed by atoms with Gasteiger partial charge in [-0.05, 0) is 36.6 Å². The van der Waals surface area contributed by atoms with Crippen molar-refractivity contribution in [2.45, 2.75) is 19.3 Å². The Balaban J connectivity index is 1.39. The highest BCUT2D eigenvalue weighted by molar-refractivity contribution is 7.14. The molecule has 0 spiro atoms. The third-order valence-corrected chi connectivity index (χ3v) is 5.13. The minimum Gasteiger partial charge on any atom is -0.497 e. The molecule has 30 heavy (non-hydrogen) atoms. The molecular formula is C21H22N4O4S. The number of hydrogen-bond donors (Lipinski definition) is 3. The molecule has 0 unspecified atom stereocenters. The van der Waals surface area contributed by atoms with Crippen LogP contribution in [0.3, 0.4) is 0 Å². The average molecular weight is 426 g/mol. The van der Waals surface area contributed by atoms with Gasteiger partial charge in [-0.25, -0.2) is 4.98 Å². The first-order valence-corrected chi connectivity index (χ1v) is 10.3. The molecule has 0 atom stereocenters. The smallest absolute Gasteiger partial charge is 0.258 e. The van der Waals surface area contributed by atoms with Crippen LogP contribution in [0.2, 0.25) is 0 Å². The van der Waals surface area contributed by atoms with E-state index in [9.17, 15) is 14.4 Å². The van der Waals surface area contributed by atoms with Gasteiger partial charge in [0.2, 0.25) is 11.5 Å². The van der Waals surface area contributed by atoms with E-state index in [1.165, 1.54) is 29.7 Å². The van der Waals surface area contributed by atoms with Gasteiger partial charge in [-0.3, -0.25) is 19.7 Å². The third-order valence-electron chi connectivity index (χ3n) is 4.32. The predicted molar refractivity (Wildman–Crippen MR) is 115 cm³/mol. The number of methoxy groups -OCH3 is 1. The molecule has 0 radical (unpaired) electrons. The van der Waals surface area contributed by atoms with Crippen LogP contribution in [0.1, 0.15) is 28.0 Å². The summed E-state index contributed by atoms with van der Waals surface area (Å²) in [4.78, 5) is 42.0. The van der Waals surface area contributed by atoms with E-state index in [1.54, 1.807) is 7.11 Å². The van der Waals surface area contributed by atoms with Gasteiger partial charge in [-0.15, -0.1) is 11.3 Å². The first-order valence-electron chi connectivity index (χ1n) is 9.37. The molecule has 8 nitrogen and oxygen atoms in total. The molecule has 0 bridgehead atoms. The summed E-state index contributed by atoms with van der Waals surface area (Å²) >= 11 is 1.29. The minimum atomic E-state index is -0.358. The Morgan fingerprint density at radius 2 is 1.93 bits per heavy atom. The van der Waals surface area contributed by atoms with Crippen molar-refractivity contribution in [2.75, 3.05) is 19.0 Å². The molecule has 3 aromatic rings. The summed E-state index contributed by atoms with van der Waals surface area (Å²) < 4.78 is 5.12. The molecular weight excluding hydrogens is 404 g/mol. The van der Waals surface area contributed by atoms with Crippen LogP contribution in [0.25, 0.3) is 0 Å². The second-order valence-corrected chi connectivity index (χ2v) is 7.35. The standard InChI is InChI=1S/C21H22N4O4S/c1-29-17-6-2-14(3-7-17)10-11-22-18(26)9-5-16-13-30-21(24-16)25-20(28)15-4-8-19(27)23-12-15/h2-4,6-8,12-13H,5,9-11H2,1H3,(H,22,26)(H,23,27)(H,24,25,28). The maximum absolute atomic E-state index is 12.1. The maximum atomic E-state index is 12.1. The van der Waals surface area contributed by atoms with E-state index in [-0.39, 0.29) is 17.4 Å². The lowest BCUT2D eigenvalue weighted by atomic mass is 10.1. The highest BCUT2D eigenvalue weighted by atomic mass is 32.1. The molecule has 3 N–H and O–H groups in total. The number of H-pyrrole nitrogens is 1. The van der Waals surface area contributed by atoms with Crippen LogP contribution in [-0.2, 0) is 17.6 Å². The molecule has 2 heterocycles. The predicted octanol–water partition coefficient (Wildman–Crippen LogP) is 2.38. The van der Waals surface area contributed by atoms with Crippen LogP contribution in [0.4, 0.5) is 5.13 Å². The fourth-order valence-electron chi connectivity index (χ4n) is 2.67. The van der Waals surface area contributed by atoms with E-state index in [1.807, 2.05) is 29.6 Å². The lowest BCUT2D eigenvalue weighted by Gasteiger charge is -2.06. The summed E-state index contributed by atoms with van der Waals surface area (Å²) in [6.45, 7) is 0.558. The molecule has 1 aromatic carbocycles. The number of benzene rings is 1. The average Bonchev–Trinajstić information content (AvgIpc) is 3.20. The summed E-state index contributed by atoms with van der Waals surface area (Å²) in [5.41, 5.74) is 1.92. The Kier molecular flexibility index (Phi) is 7.34. The largest absolute Gasteiger partial charge is 0.497 e. The quantitative estimate of drug-likeness (QED) is 0.486. The monoisotopic (exact) mass is 426 g/mol. The van der Waals surface area contributed by atoms with Gasteiger partial charge in [0.05, 0.1) is 18.4 Å². The number of hydrogen-bond acceptors (Lipinski definition) is 6. The van der Waals surface area contributed by atoms with Gasteiger partial charge in [-0.1, -0.05) is 12.1 Å². The fourth-order valence-corrected chi connectivity index (χ4v) is 3.41. The molecule has 0 fully saturated rings. The van der Waals surface area contributed by atoms with E-state index in [0.29, 0.717) is 30.1 Å². The minimum absolute atomic E-state index is 0.0460. The van der Waals surface area contributed by atoms with Gasteiger partial charge >= 0.3 is 0 Å². The first-order chi connectivity index (χ1) is 14.5. The number of rotatable bonds is 9. The number of carbonyl (C=O) groups excluding carboxylic acids is 2. The van der Waals surface area contributed by atoms with Crippen molar-refractivity contribution in [1.82, 2.24) is 15.3 Å². The molecule has 156 valence electrons. The highest BCUT2D eigenvalue weighted by Crippen LogP contribution is 2.17. The molecule has 0 aliphatic carbocycles. The number of amides is 2. The molecule has 2 aromatic heterocycles. The summed E-state index contributed by atoms with van der Waals surface area (Å²) in [6, 6.07) is 10.5.